The second kappa shape index (κ2) is 8.14. The van der Waals surface area contributed by atoms with Crippen LogP contribution in [0.25, 0.3) is 0 Å². The van der Waals surface area contributed by atoms with Crippen LogP contribution >= 0.6 is 0 Å². The average Bonchev–Trinajstić information content (AvgIpc) is 3.22. The quantitative estimate of drug-likeness (QED) is 0.818. The van der Waals surface area contributed by atoms with Gasteiger partial charge in [-0.3, -0.25) is 4.90 Å². The molecule has 1 aromatic carbocycles. The lowest BCUT2D eigenvalue weighted by Gasteiger charge is -2.55. The molecule has 1 unspecified atom stereocenters. The number of rotatable bonds is 5. The zero-order valence-corrected chi connectivity index (χ0v) is 15.2. The number of ether oxygens (including phenoxy) is 2. The fourth-order valence-corrected chi connectivity index (χ4v) is 4.47. The van der Waals surface area contributed by atoms with Gasteiger partial charge in [0.1, 0.15) is 0 Å². The molecular formula is C20H31N3O2. The Balaban J connectivity index is 1.58. The number of hydrazine groups is 1. The van der Waals surface area contributed by atoms with Gasteiger partial charge in [-0.2, -0.15) is 5.01 Å². The van der Waals surface area contributed by atoms with E-state index in [0.717, 1.165) is 39.3 Å². The van der Waals surface area contributed by atoms with Crippen LogP contribution in [0.15, 0.2) is 30.3 Å². The summed E-state index contributed by atoms with van der Waals surface area (Å²) in [5, 5.41) is 5.12. The van der Waals surface area contributed by atoms with Gasteiger partial charge in [0, 0.05) is 39.1 Å². The Morgan fingerprint density at radius 1 is 0.880 bits per heavy atom. The van der Waals surface area contributed by atoms with Gasteiger partial charge in [0.2, 0.25) is 0 Å². The van der Waals surface area contributed by atoms with Crippen molar-refractivity contribution in [3.8, 4) is 0 Å². The van der Waals surface area contributed by atoms with E-state index in [1.54, 1.807) is 0 Å². The first kappa shape index (κ1) is 17.4. The molecule has 0 radical (unpaired) electrons. The average molecular weight is 345 g/mol. The molecule has 5 heteroatoms. The van der Waals surface area contributed by atoms with E-state index < -0.39 is 0 Å². The smallest absolute Gasteiger partial charge is 0.192 e. The van der Waals surface area contributed by atoms with Crippen molar-refractivity contribution in [2.75, 3.05) is 45.9 Å². The summed E-state index contributed by atoms with van der Waals surface area (Å²) in [4.78, 5) is 2.54. The lowest BCUT2D eigenvalue weighted by Crippen LogP contribution is -2.69. The largest absolute Gasteiger partial charge is 0.379 e. The van der Waals surface area contributed by atoms with E-state index in [1.807, 2.05) is 0 Å². The third-order valence-corrected chi connectivity index (χ3v) is 5.77. The Kier molecular flexibility index (Phi) is 5.68. The van der Waals surface area contributed by atoms with E-state index in [0.29, 0.717) is 6.61 Å². The van der Waals surface area contributed by atoms with E-state index in [-0.39, 0.29) is 5.85 Å². The topological polar surface area (TPSA) is 28.2 Å². The molecule has 0 N–H and O–H groups in total. The highest BCUT2D eigenvalue weighted by Crippen LogP contribution is 2.36. The second-order valence-electron chi connectivity index (χ2n) is 7.36. The predicted molar refractivity (Wildman–Crippen MR) is 97.7 cm³/mol. The molecular weight excluding hydrogens is 314 g/mol. The minimum atomic E-state index is -0.303. The molecule has 4 rings (SSSR count). The SMILES string of the molecule is c1ccc(COC2(N3CCOCC3)CCCCN2N2CCCC2)cc1. The van der Waals surface area contributed by atoms with Crippen molar-refractivity contribution < 1.29 is 9.47 Å². The van der Waals surface area contributed by atoms with Crippen LogP contribution < -0.4 is 0 Å². The molecule has 0 bridgehead atoms. The third-order valence-electron chi connectivity index (χ3n) is 5.77. The van der Waals surface area contributed by atoms with Crippen LogP contribution in [0.1, 0.15) is 37.7 Å². The Morgan fingerprint density at radius 3 is 2.36 bits per heavy atom. The van der Waals surface area contributed by atoms with Crippen molar-refractivity contribution in [1.29, 1.82) is 0 Å². The van der Waals surface area contributed by atoms with Crippen molar-refractivity contribution >= 4 is 0 Å². The van der Waals surface area contributed by atoms with Crippen molar-refractivity contribution in [3.05, 3.63) is 35.9 Å². The van der Waals surface area contributed by atoms with E-state index in [1.165, 1.54) is 44.3 Å². The summed E-state index contributed by atoms with van der Waals surface area (Å²) in [6.45, 7) is 7.64. The molecule has 0 saturated carbocycles. The molecule has 138 valence electrons. The van der Waals surface area contributed by atoms with Crippen LogP contribution in [0.3, 0.4) is 0 Å². The summed E-state index contributed by atoms with van der Waals surface area (Å²) in [7, 11) is 0. The minimum Gasteiger partial charge on any atom is -0.379 e. The van der Waals surface area contributed by atoms with Gasteiger partial charge in [-0.15, -0.1) is 0 Å². The number of nitrogens with zero attached hydrogens (tertiary/aromatic N) is 3. The highest BCUT2D eigenvalue weighted by molar-refractivity contribution is 5.13. The van der Waals surface area contributed by atoms with Crippen LogP contribution in [-0.4, -0.2) is 66.7 Å². The van der Waals surface area contributed by atoms with Crippen LogP contribution in [0.4, 0.5) is 0 Å². The molecule has 3 aliphatic heterocycles. The van der Waals surface area contributed by atoms with Gasteiger partial charge >= 0.3 is 0 Å². The zero-order chi connectivity index (χ0) is 17.0. The highest BCUT2D eigenvalue weighted by atomic mass is 16.5. The number of morpholine rings is 1. The van der Waals surface area contributed by atoms with E-state index in [2.05, 4.69) is 45.2 Å². The summed E-state index contributed by atoms with van der Waals surface area (Å²) < 4.78 is 12.4. The van der Waals surface area contributed by atoms with Crippen LogP contribution in [-0.2, 0) is 16.1 Å². The van der Waals surface area contributed by atoms with Crippen molar-refractivity contribution in [2.24, 2.45) is 0 Å². The molecule has 3 aliphatic rings. The summed E-state index contributed by atoms with van der Waals surface area (Å²) in [5.74, 6) is -0.303. The Bertz CT molecular complexity index is 529. The first-order valence-corrected chi connectivity index (χ1v) is 9.92. The molecule has 3 heterocycles. The molecule has 1 atom stereocenters. The number of hydrogen-bond donors (Lipinski definition) is 0. The van der Waals surface area contributed by atoms with Gasteiger partial charge in [-0.05, 0) is 31.2 Å². The first-order chi connectivity index (χ1) is 12.4. The molecule has 0 amide bonds. The van der Waals surface area contributed by atoms with Gasteiger partial charge in [-0.25, -0.2) is 5.01 Å². The molecule has 0 aromatic heterocycles. The van der Waals surface area contributed by atoms with Crippen LogP contribution in [0.5, 0.6) is 0 Å². The lowest BCUT2D eigenvalue weighted by molar-refractivity contribution is -0.330. The number of benzene rings is 1. The van der Waals surface area contributed by atoms with E-state index >= 15 is 0 Å². The molecule has 25 heavy (non-hydrogen) atoms. The van der Waals surface area contributed by atoms with Crippen LogP contribution in [0, 0.1) is 0 Å². The standard InChI is InChI=1S/C20H31N3O2/c1-2-8-19(9-3-1)18-25-20(21-14-16-24-17-15-21)10-4-5-13-23(20)22-11-6-7-12-22/h1-3,8-9H,4-7,10-18H2. The molecule has 1 aromatic rings. The summed E-state index contributed by atoms with van der Waals surface area (Å²) >= 11 is 0. The Hall–Kier alpha value is -0.980. The first-order valence-electron chi connectivity index (χ1n) is 9.92. The van der Waals surface area contributed by atoms with Gasteiger partial charge in [0.05, 0.1) is 19.8 Å². The van der Waals surface area contributed by atoms with Crippen molar-refractivity contribution in [2.45, 2.75) is 44.6 Å². The fourth-order valence-electron chi connectivity index (χ4n) is 4.47. The third kappa shape index (κ3) is 3.76. The summed E-state index contributed by atoms with van der Waals surface area (Å²) in [6, 6.07) is 10.6. The number of piperidine rings is 1. The number of hydrogen-bond acceptors (Lipinski definition) is 5. The summed E-state index contributed by atoms with van der Waals surface area (Å²) in [6.07, 6.45) is 6.17. The summed E-state index contributed by atoms with van der Waals surface area (Å²) in [5.41, 5.74) is 1.25. The molecule has 5 nitrogen and oxygen atoms in total. The van der Waals surface area contributed by atoms with Crippen LogP contribution in [0.2, 0.25) is 0 Å². The maximum absolute atomic E-state index is 6.78. The zero-order valence-electron chi connectivity index (χ0n) is 15.2. The highest BCUT2D eigenvalue weighted by Gasteiger charge is 2.48. The van der Waals surface area contributed by atoms with Gasteiger partial charge in [-0.1, -0.05) is 30.3 Å². The molecule has 3 fully saturated rings. The van der Waals surface area contributed by atoms with E-state index in [4.69, 9.17) is 9.47 Å². The predicted octanol–water partition coefficient (Wildman–Crippen LogP) is 2.69. The maximum Gasteiger partial charge on any atom is 0.192 e. The van der Waals surface area contributed by atoms with Gasteiger partial charge in [0.25, 0.3) is 0 Å². The second-order valence-corrected chi connectivity index (χ2v) is 7.36. The Morgan fingerprint density at radius 2 is 1.60 bits per heavy atom. The van der Waals surface area contributed by atoms with Crippen molar-refractivity contribution in [1.82, 2.24) is 14.9 Å². The minimum absolute atomic E-state index is 0.303. The van der Waals surface area contributed by atoms with Gasteiger partial charge in [0.15, 0.2) is 5.85 Å². The fraction of sp³-hybridized carbons (Fsp3) is 0.700. The Labute approximate surface area is 151 Å². The normalized spacial score (nSPS) is 29.9. The monoisotopic (exact) mass is 345 g/mol. The lowest BCUT2D eigenvalue weighted by atomic mass is 10.0. The maximum atomic E-state index is 6.78. The molecule has 3 saturated heterocycles. The van der Waals surface area contributed by atoms with E-state index in [9.17, 15) is 0 Å². The van der Waals surface area contributed by atoms with Crippen molar-refractivity contribution in [3.63, 3.8) is 0 Å². The molecule has 0 aliphatic carbocycles. The molecule has 0 spiro atoms. The van der Waals surface area contributed by atoms with Gasteiger partial charge < -0.3 is 9.47 Å².